The van der Waals surface area contributed by atoms with Gasteiger partial charge in [0.2, 0.25) is 29.5 Å². The van der Waals surface area contributed by atoms with E-state index in [0.29, 0.717) is 12.8 Å². The number of hydrogen-bond acceptors (Lipinski definition) is 8. The standard InChI is InChI=1S/C37H48N6O7/c1-24(2)17-31(36(49)41-28(23-44)18-25-9-5-3-6-10-25)43-37(50)32(20-26-11-7-4-8-12-26)42-34(47)22-39-33(46)21-40-35(48)30(38)19-27-13-15-29(45)16-14-27/h3-16,24,28,30-32,44-45H,17-23,38H2,1-2H3,(H,39,46)(H,40,48)(H,41,49)(H,42,47)(H,43,50)/t28-,30-,31-,32-/m0/s1. The van der Waals surface area contributed by atoms with E-state index in [2.05, 4.69) is 26.6 Å². The summed E-state index contributed by atoms with van der Waals surface area (Å²) in [5, 5.41) is 32.5. The third kappa shape index (κ3) is 14.1. The van der Waals surface area contributed by atoms with Gasteiger partial charge < -0.3 is 42.5 Å². The lowest BCUT2D eigenvalue weighted by atomic mass is 10.00. The van der Waals surface area contributed by atoms with Crippen molar-refractivity contribution in [1.29, 1.82) is 0 Å². The lowest BCUT2D eigenvalue weighted by Crippen LogP contribution is -2.57. The van der Waals surface area contributed by atoms with E-state index >= 15 is 0 Å². The summed E-state index contributed by atoms with van der Waals surface area (Å²) in [5.74, 6) is -2.79. The number of hydrogen-bond donors (Lipinski definition) is 8. The smallest absolute Gasteiger partial charge is 0.243 e. The van der Waals surface area contributed by atoms with Gasteiger partial charge in [-0.2, -0.15) is 0 Å². The molecule has 3 aromatic rings. The van der Waals surface area contributed by atoms with Crippen molar-refractivity contribution in [3.8, 4) is 5.75 Å². The summed E-state index contributed by atoms with van der Waals surface area (Å²) in [7, 11) is 0. The second kappa shape index (κ2) is 20.3. The molecule has 13 nitrogen and oxygen atoms in total. The summed E-state index contributed by atoms with van der Waals surface area (Å²) in [6.45, 7) is 2.64. The van der Waals surface area contributed by atoms with E-state index in [1.807, 2.05) is 50.2 Å². The van der Waals surface area contributed by atoms with Gasteiger partial charge in [-0.3, -0.25) is 24.0 Å². The number of amides is 5. The van der Waals surface area contributed by atoms with E-state index in [1.165, 1.54) is 12.1 Å². The van der Waals surface area contributed by atoms with Crippen LogP contribution in [0.4, 0.5) is 0 Å². The van der Waals surface area contributed by atoms with Crippen LogP contribution in [0.1, 0.15) is 37.0 Å². The Labute approximate surface area is 292 Å². The zero-order valence-corrected chi connectivity index (χ0v) is 28.4. The number of aliphatic hydroxyl groups is 1. The lowest BCUT2D eigenvalue weighted by molar-refractivity contribution is -0.133. The summed E-state index contributed by atoms with van der Waals surface area (Å²) in [4.78, 5) is 64.8. The van der Waals surface area contributed by atoms with Crippen molar-refractivity contribution >= 4 is 29.5 Å². The summed E-state index contributed by atoms with van der Waals surface area (Å²) in [6.07, 6.45) is 1.02. The third-order valence-electron chi connectivity index (χ3n) is 7.76. The van der Waals surface area contributed by atoms with Gasteiger partial charge in [-0.25, -0.2) is 0 Å². The van der Waals surface area contributed by atoms with Crippen molar-refractivity contribution in [3.05, 3.63) is 102 Å². The molecule has 0 heterocycles. The van der Waals surface area contributed by atoms with Crippen LogP contribution in [0.3, 0.4) is 0 Å². The van der Waals surface area contributed by atoms with Crippen LogP contribution in [0.5, 0.6) is 5.75 Å². The number of aromatic hydroxyl groups is 1. The van der Waals surface area contributed by atoms with Crippen LogP contribution in [-0.2, 0) is 43.2 Å². The monoisotopic (exact) mass is 688 g/mol. The molecule has 0 radical (unpaired) electrons. The molecular weight excluding hydrogens is 640 g/mol. The Morgan fingerprint density at radius 2 is 1.16 bits per heavy atom. The minimum absolute atomic E-state index is 0.0352. The summed E-state index contributed by atoms with van der Waals surface area (Å²) < 4.78 is 0. The van der Waals surface area contributed by atoms with Crippen LogP contribution < -0.4 is 32.3 Å². The molecular formula is C37H48N6O7. The van der Waals surface area contributed by atoms with Crippen LogP contribution >= 0.6 is 0 Å². The molecule has 0 saturated heterocycles. The molecule has 4 atom stereocenters. The molecule has 0 aliphatic carbocycles. The Kier molecular flexibility index (Phi) is 15.9. The molecule has 0 aliphatic rings. The first-order chi connectivity index (χ1) is 23.9. The Bertz CT molecular complexity index is 1540. The fraction of sp³-hybridized carbons (Fsp3) is 0.378. The maximum Gasteiger partial charge on any atom is 0.243 e. The summed E-state index contributed by atoms with van der Waals surface area (Å²) in [5.41, 5.74) is 8.37. The van der Waals surface area contributed by atoms with Crippen LogP contribution in [0, 0.1) is 5.92 Å². The Hall–Kier alpha value is -5.27. The number of phenolic OH excluding ortho intramolecular Hbond substituents is 1. The molecule has 0 bridgehead atoms. The minimum Gasteiger partial charge on any atom is -0.508 e. The van der Waals surface area contributed by atoms with E-state index in [-0.39, 0.29) is 31.1 Å². The highest BCUT2D eigenvalue weighted by Gasteiger charge is 2.29. The minimum atomic E-state index is -1.08. The zero-order valence-electron chi connectivity index (χ0n) is 28.4. The van der Waals surface area contributed by atoms with Gasteiger partial charge in [0, 0.05) is 6.42 Å². The average Bonchev–Trinajstić information content (AvgIpc) is 3.10. The molecule has 268 valence electrons. The number of benzene rings is 3. The molecule has 0 saturated carbocycles. The van der Waals surface area contributed by atoms with Gasteiger partial charge in [0.05, 0.1) is 31.8 Å². The van der Waals surface area contributed by atoms with E-state index in [1.54, 1.807) is 36.4 Å². The van der Waals surface area contributed by atoms with Crippen molar-refractivity contribution in [1.82, 2.24) is 26.6 Å². The molecule has 50 heavy (non-hydrogen) atoms. The lowest BCUT2D eigenvalue weighted by Gasteiger charge is -2.26. The second-order valence-electron chi connectivity index (χ2n) is 12.5. The number of carbonyl (C=O) groups is 5. The molecule has 5 amide bonds. The van der Waals surface area contributed by atoms with Gasteiger partial charge in [0.25, 0.3) is 0 Å². The fourth-order valence-electron chi connectivity index (χ4n) is 5.16. The Morgan fingerprint density at radius 1 is 0.620 bits per heavy atom. The number of nitrogens with two attached hydrogens (primary N) is 1. The molecule has 9 N–H and O–H groups in total. The molecule has 13 heteroatoms. The van der Waals surface area contributed by atoms with Crippen LogP contribution in [0.15, 0.2) is 84.9 Å². The van der Waals surface area contributed by atoms with Crippen molar-refractivity contribution in [2.45, 2.75) is 63.7 Å². The first kappa shape index (κ1) is 39.2. The first-order valence-electron chi connectivity index (χ1n) is 16.6. The number of rotatable bonds is 19. The van der Waals surface area contributed by atoms with Gasteiger partial charge in [0.1, 0.15) is 17.8 Å². The quantitative estimate of drug-likeness (QED) is 0.0885. The second-order valence-corrected chi connectivity index (χ2v) is 12.5. The van der Waals surface area contributed by atoms with Gasteiger partial charge >= 0.3 is 0 Å². The molecule has 0 fully saturated rings. The third-order valence-corrected chi connectivity index (χ3v) is 7.76. The predicted molar refractivity (Wildman–Crippen MR) is 188 cm³/mol. The van der Waals surface area contributed by atoms with E-state index in [9.17, 15) is 34.2 Å². The van der Waals surface area contributed by atoms with Crippen molar-refractivity contribution in [3.63, 3.8) is 0 Å². The van der Waals surface area contributed by atoms with E-state index < -0.39 is 66.8 Å². The maximum absolute atomic E-state index is 13.6. The topological polar surface area (TPSA) is 212 Å². The molecule has 0 unspecified atom stereocenters. The van der Waals surface area contributed by atoms with Gasteiger partial charge in [-0.15, -0.1) is 0 Å². The predicted octanol–water partition coefficient (Wildman–Crippen LogP) is 0.473. The normalized spacial score (nSPS) is 13.3. The highest BCUT2D eigenvalue weighted by molar-refractivity contribution is 5.94. The molecule has 0 aliphatic heterocycles. The fourth-order valence-corrected chi connectivity index (χ4v) is 5.16. The Balaban J connectivity index is 1.58. The Morgan fingerprint density at radius 3 is 1.74 bits per heavy atom. The van der Waals surface area contributed by atoms with E-state index in [0.717, 1.165) is 16.7 Å². The molecule has 3 rings (SSSR count). The molecule has 0 aromatic heterocycles. The average molecular weight is 689 g/mol. The van der Waals surface area contributed by atoms with Crippen LogP contribution in [-0.4, -0.2) is 83.6 Å². The molecule has 0 spiro atoms. The SMILES string of the molecule is CC(C)C[C@H](NC(=O)[C@H](Cc1ccccc1)NC(=O)CNC(=O)CNC(=O)[C@@H](N)Cc1ccc(O)cc1)C(=O)N[C@H](CO)Cc1ccccc1. The summed E-state index contributed by atoms with van der Waals surface area (Å²) in [6, 6.07) is 21.1. The first-order valence-corrected chi connectivity index (χ1v) is 16.6. The van der Waals surface area contributed by atoms with Crippen LogP contribution in [0.2, 0.25) is 0 Å². The van der Waals surface area contributed by atoms with Gasteiger partial charge in [0.15, 0.2) is 0 Å². The van der Waals surface area contributed by atoms with Crippen LogP contribution in [0.25, 0.3) is 0 Å². The summed E-state index contributed by atoms with van der Waals surface area (Å²) >= 11 is 0. The van der Waals surface area contributed by atoms with Gasteiger partial charge in [-0.05, 0) is 54.0 Å². The highest BCUT2D eigenvalue weighted by Crippen LogP contribution is 2.12. The highest BCUT2D eigenvalue weighted by atomic mass is 16.3. The number of phenols is 1. The van der Waals surface area contributed by atoms with E-state index in [4.69, 9.17) is 5.73 Å². The van der Waals surface area contributed by atoms with Gasteiger partial charge in [-0.1, -0.05) is 86.6 Å². The number of nitrogens with one attached hydrogen (secondary N) is 5. The van der Waals surface area contributed by atoms with Crippen molar-refractivity contribution < 1.29 is 34.2 Å². The van der Waals surface area contributed by atoms with Crippen molar-refractivity contribution in [2.24, 2.45) is 11.7 Å². The largest absolute Gasteiger partial charge is 0.508 e. The van der Waals surface area contributed by atoms with Crippen molar-refractivity contribution in [2.75, 3.05) is 19.7 Å². The number of carbonyl (C=O) groups excluding carboxylic acids is 5. The maximum atomic E-state index is 13.6. The zero-order chi connectivity index (χ0) is 36.5. The number of aliphatic hydroxyl groups excluding tert-OH is 1. The molecule has 3 aromatic carbocycles.